The number of nitrogens with zero attached hydrogens (tertiary/aromatic N) is 4. The number of aliphatic carboxylic acids is 1. The molecule has 1 aliphatic carbocycles. The first kappa shape index (κ1) is 28.6. The zero-order valence-electron chi connectivity index (χ0n) is 20.2. The number of pyridine rings is 1. The summed E-state index contributed by atoms with van der Waals surface area (Å²) in [7, 11) is 0. The fourth-order valence-electron chi connectivity index (χ4n) is 3.64. The van der Waals surface area contributed by atoms with Crippen LogP contribution in [0.5, 0.6) is 0 Å². The molecule has 4 heterocycles. The molecule has 0 unspecified atom stereocenters. The van der Waals surface area contributed by atoms with Gasteiger partial charge >= 0.3 is 29.6 Å². The second-order valence-corrected chi connectivity index (χ2v) is 11.2. The van der Waals surface area contributed by atoms with Crippen molar-refractivity contribution in [3.8, 4) is 0 Å². The predicted octanol–water partition coefficient (Wildman–Crippen LogP) is -2.18. The number of β-lactam (4-membered cyclic amide) rings is 1. The summed E-state index contributed by atoms with van der Waals surface area (Å²) >= 11 is 3.94. The van der Waals surface area contributed by atoms with E-state index in [1.165, 1.54) is 28.4 Å². The smallest absolute Gasteiger partial charge is 0.543 e. The number of rotatable bonds is 10. The van der Waals surface area contributed by atoms with E-state index in [2.05, 4.69) is 20.4 Å². The molecule has 2 amide bonds. The van der Waals surface area contributed by atoms with E-state index in [-0.39, 0.29) is 57.9 Å². The minimum absolute atomic E-state index is 0. The van der Waals surface area contributed by atoms with Gasteiger partial charge in [-0.3, -0.25) is 19.5 Å². The van der Waals surface area contributed by atoms with Crippen molar-refractivity contribution in [3.05, 3.63) is 57.8 Å². The quantitative estimate of drug-likeness (QED) is 0.137. The number of carbonyl (C=O) groups is 3. The monoisotopic (exact) mass is 580 g/mol. The average Bonchev–Trinajstić information content (AvgIpc) is 3.63. The second-order valence-electron chi connectivity index (χ2n) is 8.32. The standard InChI is InChI=1S/C23H22N6O5S3.Na/c24-23-26-15(11-37-23)16(28-34-14-3-4-14)19(30)27-17-20(31)29-18(22(32)33)13(10-36-21(17)29)9-35-7-5-12-2-1-6-25-8-12;/h1-2,5-8,11,14,17,21H,3-4,9-10H2,(H2,24,26)(H,27,30)(H,32,33);/q;+1/p-1/b7-5-,28-16?;/t17-,21+;/m1./s1. The molecule has 3 N–H and O–H groups in total. The van der Waals surface area contributed by atoms with Crippen molar-refractivity contribution in [2.75, 3.05) is 17.2 Å². The largest absolute Gasteiger partial charge is 1.00 e. The van der Waals surface area contributed by atoms with E-state index >= 15 is 0 Å². The molecule has 0 radical (unpaired) electrons. The number of hydrogen-bond acceptors (Lipinski definition) is 12. The van der Waals surface area contributed by atoms with Gasteiger partial charge in [-0.05, 0) is 41.5 Å². The van der Waals surface area contributed by atoms with E-state index in [1.807, 2.05) is 23.6 Å². The number of hydrogen-bond donors (Lipinski definition) is 2. The summed E-state index contributed by atoms with van der Waals surface area (Å²) in [6.45, 7) is 0. The molecule has 2 atom stereocenters. The first-order valence-electron chi connectivity index (χ1n) is 11.2. The first-order valence-corrected chi connectivity index (χ1v) is 14.2. The molecule has 2 aromatic heterocycles. The Morgan fingerprint density at radius 2 is 2.21 bits per heavy atom. The van der Waals surface area contributed by atoms with Crippen molar-refractivity contribution >= 4 is 69.6 Å². The number of nitrogen functional groups attached to an aromatic ring is 1. The van der Waals surface area contributed by atoms with Crippen LogP contribution in [0.1, 0.15) is 24.1 Å². The van der Waals surface area contributed by atoms with Gasteiger partial charge in [-0.1, -0.05) is 11.2 Å². The van der Waals surface area contributed by atoms with E-state index in [0.29, 0.717) is 17.1 Å². The Labute approximate surface area is 252 Å². The number of amides is 2. The Kier molecular flexibility index (Phi) is 9.54. The molecular formula is C23H21N6NaO5S3. The van der Waals surface area contributed by atoms with E-state index in [1.54, 1.807) is 17.8 Å². The van der Waals surface area contributed by atoms with E-state index in [0.717, 1.165) is 29.7 Å². The summed E-state index contributed by atoms with van der Waals surface area (Å²) in [6.07, 6.45) is 6.93. The zero-order chi connectivity index (χ0) is 25.9. The van der Waals surface area contributed by atoms with Crippen LogP contribution in [0, 0.1) is 0 Å². The number of anilines is 1. The van der Waals surface area contributed by atoms with Crippen molar-refractivity contribution < 1.29 is 53.9 Å². The Morgan fingerprint density at radius 3 is 2.87 bits per heavy atom. The summed E-state index contributed by atoms with van der Waals surface area (Å²) in [5, 5.41) is 21.7. The number of thiazole rings is 1. The fourth-order valence-corrected chi connectivity index (χ4v) is 6.46. The number of carbonyl (C=O) groups excluding carboxylic acids is 3. The molecule has 11 nitrogen and oxygen atoms in total. The van der Waals surface area contributed by atoms with Crippen LogP contribution in [0.3, 0.4) is 0 Å². The van der Waals surface area contributed by atoms with Crippen LogP contribution in [0.4, 0.5) is 5.13 Å². The molecule has 192 valence electrons. The van der Waals surface area contributed by atoms with Gasteiger partial charge in [0.15, 0.2) is 10.8 Å². The summed E-state index contributed by atoms with van der Waals surface area (Å²) in [5.41, 5.74) is 7.23. The van der Waals surface area contributed by atoms with E-state index in [9.17, 15) is 19.5 Å². The predicted molar refractivity (Wildman–Crippen MR) is 140 cm³/mol. The van der Waals surface area contributed by atoms with Crippen LogP contribution >= 0.6 is 34.9 Å². The maximum absolute atomic E-state index is 13.0. The number of nitrogens with one attached hydrogen (secondary N) is 1. The van der Waals surface area contributed by atoms with Gasteiger partial charge in [0.05, 0.1) is 11.7 Å². The van der Waals surface area contributed by atoms with Crippen LogP contribution in [-0.4, -0.2) is 67.4 Å². The van der Waals surface area contributed by atoms with Crippen LogP contribution in [-0.2, 0) is 19.2 Å². The normalized spacial score (nSPS) is 21.0. The molecule has 38 heavy (non-hydrogen) atoms. The molecular weight excluding hydrogens is 559 g/mol. The summed E-state index contributed by atoms with van der Waals surface area (Å²) in [4.78, 5) is 52.7. The molecule has 0 bridgehead atoms. The van der Waals surface area contributed by atoms with Crippen LogP contribution < -0.4 is 45.7 Å². The van der Waals surface area contributed by atoms with E-state index in [4.69, 9.17) is 10.6 Å². The first-order chi connectivity index (χ1) is 17.9. The molecule has 2 aliphatic heterocycles. The Morgan fingerprint density at radius 1 is 1.39 bits per heavy atom. The maximum Gasteiger partial charge on any atom is 1.00 e. The second kappa shape index (κ2) is 12.7. The summed E-state index contributed by atoms with van der Waals surface area (Å²) in [6, 6.07) is 2.81. The van der Waals surface area contributed by atoms with E-state index < -0.39 is 29.2 Å². The molecule has 0 aromatic carbocycles. The number of carboxylic acids is 1. The minimum atomic E-state index is -1.42. The molecule has 5 rings (SSSR count). The number of carboxylic acid groups (broad SMARTS) is 1. The number of thioether (sulfide) groups is 2. The summed E-state index contributed by atoms with van der Waals surface area (Å²) < 4.78 is 0. The topological polar surface area (TPSA) is 163 Å². The SMILES string of the molecule is Nc1nc(C(=NOC2CC2)C(=O)N[C@@H]2C(=O)N3C(C(=O)[O-])=C(CS/C=C\c4cccnc4)CS[C@@H]23)cs1.[Na+]. The van der Waals surface area contributed by atoms with Crippen molar-refractivity contribution in [2.24, 2.45) is 5.16 Å². The molecule has 1 saturated heterocycles. The molecule has 2 aromatic rings. The minimum Gasteiger partial charge on any atom is -0.543 e. The number of fused-ring (bicyclic) bond motifs is 1. The van der Waals surface area contributed by atoms with Crippen molar-refractivity contribution in [3.63, 3.8) is 0 Å². The molecule has 3 aliphatic rings. The third kappa shape index (κ3) is 6.43. The van der Waals surface area contributed by atoms with Gasteiger partial charge in [-0.2, -0.15) is 0 Å². The van der Waals surface area contributed by atoms with Gasteiger partial charge < -0.3 is 25.8 Å². The Bertz CT molecular complexity index is 1310. The van der Waals surface area contributed by atoms with Crippen molar-refractivity contribution in [1.29, 1.82) is 0 Å². The number of nitrogens with two attached hydrogens (primary N) is 1. The fraction of sp³-hybridized carbons (Fsp3) is 0.304. The Balaban J connectivity index is 0.00000336. The average molecular weight is 581 g/mol. The van der Waals surface area contributed by atoms with Crippen LogP contribution in [0.15, 0.2) is 51.7 Å². The summed E-state index contributed by atoms with van der Waals surface area (Å²) in [5.74, 6) is -1.84. The maximum atomic E-state index is 13.0. The zero-order valence-corrected chi connectivity index (χ0v) is 24.7. The number of oxime groups is 1. The number of aromatic nitrogens is 2. The van der Waals surface area contributed by atoms with Gasteiger partial charge in [-0.15, -0.1) is 34.9 Å². The van der Waals surface area contributed by atoms with Gasteiger partial charge in [-0.25, -0.2) is 4.98 Å². The van der Waals surface area contributed by atoms with Gasteiger partial charge in [0.2, 0.25) is 0 Å². The third-order valence-electron chi connectivity index (χ3n) is 5.62. The molecule has 1 saturated carbocycles. The molecule has 0 spiro atoms. The van der Waals surface area contributed by atoms with Gasteiger partial charge in [0.1, 0.15) is 23.2 Å². The van der Waals surface area contributed by atoms with Crippen LogP contribution in [0.2, 0.25) is 0 Å². The van der Waals surface area contributed by atoms with Crippen molar-refractivity contribution in [1.82, 2.24) is 20.2 Å². The molecule has 2 fully saturated rings. The molecule has 15 heteroatoms. The van der Waals surface area contributed by atoms with Gasteiger partial charge in [0, 0.05) is 29.3 Å². The third-order valence-corrected chi connectivity index (χ3v) is 8.48. The van der Waals surface area contributed by atoms with Crippen LogP contribution in [0.25, 0.3) is 6.08 Å². The van der Waals surface area contributed by atoms with Crippen molar-refractivity contribution in [2.45, 2.75) is 30.4 Å². The van der Waals surface area contributed by atoms with Gasteiger partial charge in [0.25, 0.3) is 11.8 Å². The Hall–Kier alpha value is -2.36.